The number of nitrogens with zero attached hydrogens (tertiary/aromatic N) is 2. The predicted molar refractivity (Wildman–Crippen MR) is 67.3 cm³/mol. The molecule has 88 valence electrons. The van der Waals surface area contributed by atoms with Crippen molar-refractivity contribution in [2.45, 2.75) is 39.3 Å². The van der Waals surface area contributed by atoms with Crippen LogP contribution in [0.15, 0.2) is 18.3 Å². The summed E-state index contributed by atoms with van der Waals surface area (Å²) in [5.74, 6) is 1.82. The molecule has 2 rings (SSSR count). The standard InChI is InChI=1S/C13H21N3/c1-10-5-4-8-16(11(10)2)13-12(9-14)6-3-7-15-13/h3,6-7,10-11H,4-5,8-9,14H2,1-2H3. The molecule has 2 unspecified atom stereocenters. The minimum absolute atomic E-state index is 0.564. The molecular formula is C13H21N3. The van der Waals surface area contributed by atoms with Gasteiger partial charge in [0.2, 0.25) is 0 Å². The Labute approximate surface area is 97.7 Å². The van der Waals surface area contributed by atoms with E-state index in [0.717, 1.165) is 23.8 Å². The number of hydrogen-bond donors (Lipinski definition) is 1. The molecule has 1 aromatic heterocycles. The number of pyridine rings is 1. The van der Waals surface area contributed by atoms with Gasteiger partial charge in [-0.2, -0.15) is 0 Å². The fourth-order valence-electron chi connectivity index (χ4n) is 2.48. The molecule has 1 saturated heterocycles. The van der Waals surface area contributed by atoms with Crippen LogP contribution in [0, 0.1) is 5.92 Å². The normalized spacial score (nSPS) is 25.8. The van der Waals surface area contributed by atoms with Crippen LogP contribution in [0.4, 0.5) is 5.82 Å². The zero-order chi connectivity index (χ0) is 11.5. The fraction of sp³-hybridized carbons (Fsp3) is 0.615. The minimum atomic E-state index is 0.564. The molecule has 1 aromatic rings. The zero-order valence-electron chi connectivity index (χ0n) is 10.2. The Hall–Kier alpha value is -1.09. The summed E-state index contributed by atoms with van der Waals surface area (Å²) in [5, 5.41) is 0. The zero-order valence-corrected chi connectivity index (χ0v) is 10.2. The van der Waals surface area contributed by atoms with Crippen molar-refractivity contribution < 1.29 is 0 Å². The van der Waals surface area contributed by atoms with E-state index >= 15 is 0 Å². The molecule has 3 heteroatoms. The van der Waals surface area contributed by atoms with E-state index in [2.05, 4.69) is 29.8 Å². The molecule has 0 amide bonds. The first-order chi connectivity index (χ1) is 7.74. The second-order valence-corrected chi connectivity index (χ2v) is 4.74. The van der Waals surface area contributed by atoms with E-state index in [1.54, 1.807) is 0 Å². The summed E-state index contributed by atoms with van der Waals surface area (Å²) in [6.45, 7) is 6.29. The summed E-state index contributed by atoms with van der Waals surface area (Å²) >= 11 is 0. The van der Waals surface area contributed by atoms with Crippen LogP contribution in [0.25, 0.3) is 0 Å². The molecule has 2 heterocycles. The largest absolute Gasteiger partial charge is 0.353 e. The highest BCUT2D eigenvalue weighted by Gasteiger charge is 2.26. The van der Waals surface area contributed by atoms with Gasteiger partial charge in [0.25, 0.3) is 0 Å². The Morgan fingerprint density at radius 3 is 3.06 bits per heavy atom. The third-order valence-electron chi connectivity index (χ3n) is 3.73. The van der Waals surface area contributed by atoms with Crippen molar-refractivity contribution in [1.82, 2.24) is 4.98 Å². The van der Waals surface area contributed by atoms with E-state index in [1.807, 2.05) is 12.3 Å². The summed E-state index contributed by atoms with van der Waals surface area (Å²) in [6, 6.07) is 4.60. The van der Waals surface area contributed by atoms with E-state index in [4.69, 9.17) is 5.73 Å². The highest BCUT2D eigenvalue weighted by atomic mass is 15.2. The average Bonchev–Trinajstić information content (AvgIpc) is 2.33. The molecule has 16 heavy (non-hydrogen) atoms. The van der Waals surface area contributed by atoms with E-state index in [-0.39, 0.29) is 0 Å². The molecule has 1 aliphatic heterocycles. The molecule has 1 aliphatic rings. The molecule has 0 radical (unpaired) electrons. The maximum Gasteiger partial charge on any atom is 0.133 e. The van der Waals surface area contributed by atoms with Crippen LogP contribution in [0.3, 0.4) is 0 Å². The summed E-state index contributed by atoms with van der Waals surface area (Å²) in [4.78, 5) is 6.92. The van der Waals surface area contributed by atoms with Crippen LogP contribution in [0.1, 0.15) is 32.3 Å². The van der Waals surface area contributed by atoms with E-state index in [1.165, 1.54) is 12.8 Å². The Bertz CT molecular complexity index is 351. The van der Waals surface area contributed by atoms with Crippen molar-refractivity contribution in [2.75, 3.05) is 11.4 Å². The summed E-state index contributed by atoms with van der Waals surface area (Å²) in [7, 11) is 0. The molecule has 0 spiro atoms. The monoisotopic (exact) mass is 219 g/mol. The predicted octanol–water partition coefficient (Wildman–Crippen LogP) is 2.17. The first-order valence-electron chi connectivity index (χ1n) is 6.14. The first kappa shape index (κ1) is 11.4. The van der Waals surface area contributed by atoms with Gasteiger partial charge < -0.3 is 10.6 Å². The van der Waals surface area contributed by atoms with Crippen molar-refractivity contribution >= 4 is 5.82 Å². The summed E-state index contributed by atoms with van der Waals surface area (Å²) in [6.07, 6.45) is 4.44. The SMILES string of the molecule is CC1CCCN(c2ncccc2CN)C1C. The molecule has 2 N–H and O–H groups in total. The molecule has 0 saturated carbocycles. The molecule has 0 bridgehead atoms. The van der Waals surface area contributed by atoms with Gasteiger partial charge in [-0.25, -0.2) is 4.98 Å². The Balaban J connectivity index is 2.28. The Kier molecular flexibility index (Phi) is 3.44. The van der Waals surface area contributed by atoms with Gasteiger partial charge in [0.15, 0.2) is 0 Å². The molecule has 2 atom stereocenters. The van der Waals surface area contributed by atoms with E-state index in [9.17, 15) is 0 Å². The number of anilines is 1. The lowest BCUT2D eigenvalue weighted by molar-refractivity contribution is 0.361. The first-order valence-corrected chi connectivity index (χ1v) is 6.14. The molecule has 0 aliphatic carbocycles. The van der Waals surface area contributed by atoms with Crippen molar-refractivity contribution in [3.8, 4) is 0 Å². The molecular weight excluding hydrogens is 198 g/mol. The van der Waals surface area contributed by atoms with Gasteiger partial charge in [0.1, 0.15) is 5.82 Å². The van der Waals surface area contributed by atoms with Gasteiger partial charge >= 0.3 is 0 Å². The van der Waals surface area contributed by atoms with Gasteiger partial charge in [-0.15, -0.1) is 0 Å². The fourth-order valence-corrected chi connectivity index (χ4v) is 2.48. The Morgan fingerprint density at radius 2 is 2.31 bits per heavy atom. The maximum atomic E-state index is 5.77. The maximum absolute atomic E-state index is 5.77. The smallest absolute Gasteiger partial charge is 0.133 e. The lowest BCUT2D eigenvalue weighted by Gasteiger charge is -2.39. The summed E-state index contributed by atoms with van der Waals surface area (Å²) < 4.78 is 0. The quantitative estimate of drug-likeness (QED) is 0.829. The van der Waals surface area contributed by atoms with Crippen LogP contribution in [-0.2, 0) is 6.54 Å². The van der Waals surface area contributed by atoms with E-state index in [0.29, 0.717) is 12.6 Å². The number of aromatic nitrogens is 1. The lowest BCUT2D eigenvalue weighted by Crippen LogP contribution is -2.43. The number of piperidine rings is 1. The minimum Gasteiger partial charge on any atom is -0.353 e. The van der Waals surface area contributed by atoms with Crippen molar-refractivity contribution in [1.29, 1.82) is 0 Å². The van der Waals surface area contributed by atoms with Crippen LogP contribution in [0.2, 0.25) is 0 Å². The number of rotatable bonds is 2. The number of hydrogen-bond acceptors (Lipinski definition) is 3. The molecule has 3 nitrogen and oxygen atoms in total. The third-order valence-corrected chi connectivity index (χ3v) is 3.73. The van der Waals surface area contributed by atoms with Crippen LogP contribution in [-0.4, -0.2) is 17.6 Å². The van der Waals surface area contributed by atoms with Gasteiger partial charge in [-0.3, -0.25) is 0 Å². The van der Waals surface area contributed by atoms with Crippen LogP contribution in [0.5, 0.6) is 0 Å². The lowest BCUT2D eigenvalue weighted by atomic mass is 9.92. The van der Waals surface area contributed by atoms with Gasteiger partial charge in [-0.1, -0.05) is 13.0 Å². The highest BCUT2D eigenvalue weighted by Crippen LogP contribution is 2.28. The third kappa shape index (κ3) is 2.05. The van der Waals surface area contributed by atoms with Gasteiger partial charge in [-0.05, 0) is 31.7 Å². The molecule has 0 aromatic carbocycles. The van der Waals surface area contributed by atoms with Gasteiger partial charge in [0.05, 0.1) is 0 Å². The molecule has 1 fully saturated rings. The van der Waals surface area contributed by atoms with E-state index < -0.39 is 0 Å². The average molecular weight is 219 g/mol. The van der Waals surface area contributed by atoms with Crippen molar-refractivity contribution in [2.24, 2.45) is 11.7 Å². The second-order valence-electron chi connectivity index (χ2n) is 4.74. The number of nitrogens with two attached hydrogens (primary N) is 1. The van der Waals surface area contributed by atoms with Crippen molar-refractivity contribution in [3.05, 3.63) is 23.9 Å². The van der Waals surface area contributed by atoms with Crippen LogP contribution >= 0.6 is 0 Å². The highest BCUT2D eigenvalue weighted by molar-refractivity contribution is 5.48. The second kappa shape index (κ2) is 4.83. The Morgan fingerprint density at radius 1 is 1.50 bits per heavy atom. The van der Waals surface area contributed by atoms with Crippen LogP contribution < -0.4 is 10.6 Å². The topological polar surface area (TPSA) is 42.2 Å². The summed E-state index contributed by atoms with van der Waals surface area (Å²) in [5.41, 5.74) is 6.93. The van der Waals surface area contributed by atoms with Gasteiger partial charge in [0, 0.05) is 30.9 Å². The van der Waals surface area contributed by atoms with Crippen molar-refractivity contribution in [3.63, 3.8) is 0 Å².